The van der Waals surface area contributed by atoms with E-state index in [4.69, 9.17) is 0 Å². The second-order valence-electron chi connectivity index (χ2n) is 5.19. The van der Waals surface area contributed by atoms with Gasteiger partial charge in [-0.15, -0.1) is 11.8 Å². The van der Waals surface area contributed by atoms with Gasteiger partial charge in [-0.05, 0) is 49.1 Å². The van der Waals surface area contributed by atoms with E-state index in [-0.39, 0.29) is 11.2 Å². The van der Waals surface area contributed by atoms with Crippen molar-refractivity contribution < 1.29 is 4.39 Å². The van der Waals surface area contributed by atoms with Crippen molar-refractivity contribution in [3.8, 4) is 22.5 Å². The van der Waals surface area contributed by atoms with Gasteiger partial charge in [0.15, 0.2) is 0 Å². The first-order valence-corrected chi connectivity index (χ1v) is 8.79. The van der Waals surface area contributed by atoms with Gasteiger partial charge in [-0.2, -0.15) is 0 Å². The van der Waals surface area contributed by atoms with E-state index in [0.29, 0.717) is 0 Å². The first kappa shape index (κ1) is 15.7. The first-order valence-electron chi connectivity index (χ1n) is 7.50. The number of thioether (sulfide) groups is 1. The average Bonchev–Trinajstić information content (AvgIpc) is 3.02. The number of pyridine rings is 1. The van der Waals surface area contributed by atoms with Gasteiger partial charge in [0.05, 0.1) is 23.1 Å². The minimum atomic E-state index is -0.234. The van der Waals surface area contributed by atoms with Crippen LogP contribution in [0.3, 0.4) is 0 Å². The molecule has 2 heterocycles. The Hall–Kier alpha value is -2.14. The lowest BCUT2D eigenvalue weighted by molar-refractivity contribution is 0.627. The molecule has 0 radical (unpaired) electrons. The number of halogens is 1. The monoisotopic (exact) mass is 327 g/mol. The molecule has 0 aliphatic carbocycles. The van der Waals surface area contributed by atoms with Gasteiger partial charge in [-0.3, -0.25) is 4.98 Å². The minimum absolute atomic E-state index is 0.234. The van der Waals surface area contributed by atoms with Gasteiger partial charge >= 0.3 is 0 Å². The van der Waals surface area contributed by atoms with Crippen molar-refractivity contribution in [3.05, 3.63) is 60.9 Å². The van der Waals surface area contributed by atoms with Crippen LogP contribution < -0.4 is 0 Å². The van der Waals surface area contributed by atoms with E-state index in [1.54, 1.807) is 36.3 Å². The lowest BCUT2D eigenvalue weighted by atomic mass is 10.1. The molecule has 0 N–H and O–H groups in total. The zero-order chi connectivity index (χ0) is 16.2. The van der Waals surface area contributed by atoms with Crippen molar-refractivity contribution in [2.45, 2.75) is 18.7 Å². The summed E-state index contributed by atoms with van der Waals surface area (Å²) in [7, 11) is 0. The molecule has 0 bridgehead atoms. The Morgan fingerprint density at radius 2 is 1.78 bits per heavy atom. The standard InChI is InChI=1S/C18H18FN3S/c1-3-16(23-2)22-12-21-17(13-8-10-20-11-9-13)18(22)14-4-6-15(19)7-5-14/h4-12,16H,3H2,1-2H3. The highest BCUT2D eigenvalue weighted by atomic mass is 32.2. The molecule has 1 aromatic carbocycles. The van der Waals surface area contributed by atoms with Gasteiger partial charge in [0, 0.05) is 23.5 Å². The number of aromatic nitrogens is 3. The first-order chi connectivity index (χ1) is 11.2. The van der Waals surface area contributed by atoms with Gasteiger partial charge in [-0.1, -0.05) is 6.92 Å². The largest absolute Gasteiger partial charge is 0.317 e. The van der Waals surface area contributed by atoms with E-state index in [0.717, 1.165) is 28.9 Å². The van der Waals surface area contributed by atoms with E-state index in [9.17, 15) is 4.39 Å². The summed E-state index contributed by atoms with van der Waals surface area (Å²) in [5, 5.41) is 0.290. The predicted octanol–water partition coefficient (Wildman–Crippen LogP) is 5.02. The molecule has 23 heavy (non-hydrogen) atoms. The summed E-state index contributed by atoms with van der Waals surface area (Å²) in [4.78, 5) is 8.70. The SMILES string of the molecule is CCC(SC)n1cnc(-c2ccncc2)c1-c1ccc(F)cc1. The van der Waals surface area contributed by atoms with Crippen molar-refractivity contribution in [2.24, 2.45) is 0 Å². The third kappa shape index (κ3) is 3.15. The Labute approximate surface area is 139 Å². The fourth-order valence-corrected chi connectivity index (χ4v) is 3.39. The van der Waals surface area contributed by atoms with Gasteiger partial charge in [0.2, 0.25) is 0 Å². The van der Waals surface area contributed by atoms with Crippen molar-refractivity contribution >= 4 is 11.8 Å². The maximum absolute atomic E-state index is 13.3. The summed E-state index contributed by atoms with van der Waals surface area (Å²) in [6.07, 6.45) is 8.47. The third-order valence-corrected chi connectivity index (χ3v) is 4.90. The number of rotatable bonds is 5. The third-order valence-electron chi connectivity index (χ3n) is 3.80. The van der Waals surface area contributed by atoms with E-state index < -0.39 is 0 Å². The second kappa shape index (κ2) is 6.96. The zero-order valence-corrected chi connectivity index (χ0v) is 13.9. The quantitative estimate of drug-likeness (QED) is 0.659. The molecule has 0 spiro atoms. The van der Waals surface area contributed by atoms with Crippen molar-refractivity contribution in [1.82, 2.24) is 14.5 Å². The number of imidazole rings is 1. The van der Waals surface area contributed by atoms with Crippen molar-refractivity contribution in [2.75, 3.05) is 6.26 Å². The van der Waals surface area contributed by atoms with E-state index in [1.807, 2.05) is 18.5 Å². The van der Waals surface area contributed by atoms with E-state index >= 15 is 0 Å². The van der Waals surface area contributed by atoms with Crippen LogP contribution in [0.25, 0.3) is 22.5 Å². The highest BCUT2D eigenvalue weighted by molar-refractivity contribution is 7.98. The highest BCUT2D eigenvalue weighted by Crippen LogP contribution is 2.36. The minimum Gasteiger partial charge on any atom is -0.317 e. The molecule has 1 unspecified atom stereocenters. The van der Waals surface area contributed by atoms with E-state index in [1.165, 1.54) is 12.1 Å². The molecular weight excluding hydrogens is 309 g/mol. The van der Waals surface area contributed by atoms with Crippen molar-refractivity contribution in [3.63, 3.8) is 0 Å². The Morgan fingerprint density at radius 1 is 1.09 bits per heavy atom. The number of benzene rings is 1. The molecule has 3 rings (SSSR count). The summed E-state index contributed by atoms with van der Waals surface area (Å²) >= 11 is 1.78. The van der Waals surface area contributed by atoms with Gasteiger partial charge in [0.25, 0.3) is 0 Å². The Morgan fingerprint density at radius 3 is 2.39 bits per heavy atom. The van der Waals surface area contributed by atoms with Crippen LogP contribution >= 0.6 is 11.8 Å². The molecular formula is C18H18FN3S. The van der Waals surface area contributed by atoms with Crippen LogP contribution in [0.2, 0.25) is 0 Å². The van der Waals surface area contributed by atoms with Crippen molar-refractivity contribution in [1.29, 1.82) is 0 Å². The Kier molecular flexibility index (Phi) is 4.76. The summed E-state index contributed by atoms with van der Waals surface area (Å²) in [6.45, 7) is 2.15. The van der Waals surface area contributed by atoms with Crippen LogP contribution in [0.1, 0.15) is 18.7 Å². The molecule has 0 saturated carbocycles. The highest BCUT2D eigenvalue weighted by Gasteiger charge is 2.19. The Balaban J connectivity index is 2.19. The van der Waals surface area contributed by atoms with Crippen LogP contribution in [0.5, 0.6) is 0 Å². The molecule has 0 fully saturated rings. The fraction of sp³-hybridized carbons (Fsp3) is 0.222. The second-order valence-corrected chi connectivity index (χ2v) is 6.21. The number of nitrogens with zero attached hydrogens (tertiary/aromatic N) is 3. The zero-order valence-electron chi connectivity index (χ0n) is 13.1. The van der Waals surface area contributed by atoms with Gasteiger partial charge in [0.1, 0.15) is 5.82 Å². The lowest BCUT2D eigenvalue weighted by Gasteiger charge is -2.18. The normalized spacial score (nSPS) is 12.3. The summed E-state index contributed by atoms with van der Waals surface area (Å²) < 4.78 is 15.5. The number of hydrogen-bond donors (Lipinski definition) is 0. The number of hydrogen-bond acceptors (Lipinski definition) is 3. The molecule has 3 aromatic rings. The molecule has 0 aliphatic rings. The predicted molar refractivity (Wildman–Crippen MR) is 93.7 cm³/mol. The smallest absolute Gasteiger partial charge is 0.123 e. The van der Waals surface area contributed by atoms with Crippen LogP contribution in [0.15, 0.2) is 55.1 Å². The molecule has 2 aromatic heterocycles. The fourth-order valence-electron chi connectivity index (χ4n) is 2.67. The summed E-state index contributed by atoms with van der Waals surface area (Å²) in [5.74, 6) is -0.234. The van der Waals surface area contributed by atoms with Crippen LogP contribution in [0.4, 0.5) is 4.39 Å². The molecule has 5 heteroatoms. The van der Waals surface area contributed by atoms with Gasteiger partial charge < -0.3 is 4.57 Å². The van der Waals surface area contributed by atoms with Crippen LogP contribution in [-0.2, 0) is 0 Å². The molecule has 3 nitrogen and oxygen atoms in total. The molecule has 0 aliphatic heterocycles. The lowest BCUT2D eigenvalue weighted by Crippen LogP contribution is -2.04. The summed E-state index contributed by atoms with van der Waals surface area (Å²) in [5.41, 5.74) is 3.88. The molecule has 118 valence electrons. The Bertz CT molecular complexity index is 765. The van der Waals surface area contributed by atoms with Gasteiger partial charge in [-0.25, -0.2) is 9.37 Å². The average molecular weight is 327 g/mol. The molecule has 0 saturated heterocycles. The van der Waals surface area contributed by atoms with Crippen LogP contribution in [-0.4, -0.2) is 20.8 Å². The topological polar surface area (TPSA) is 30.7 Å². The van der Waals surface area contributed by atoms with Crippen LogP contribution in [0, 0.1) is 5.82 Å². The maximum atomic E-state index is 13.3. The van der Waals surface area contributed by atoms with E-state index in [2.05, 4.69) is 27.7 Å². The summed E-state index contributed by atoms with van der Waals surface area (Å²) in [6, 6.07) is 10.5. The maximum Gasteiger partial charge on any atom is 0.123 e. The molecule has 0 amide bonds. The molecule has 1 atom stereocenters.